The second kappa shape index (κ2) is 17.8. The second-order valence-corrected chi connectivity index (χ2v) is 14.3. The quantitative estimate of drug-likeness (QED) is 0.0954. The van der Waals surface area contributed by atoms with Gasteiger partial charge in [0.1, 0.15) is 42.4 Å². The summed E-state index contributed by atoms with van der Waals surface area (Å²) in [6, 6.07) is 26.1. The van der Waals surface area contributed by atoms with Crippen molar-refractivity contribution in [2.75, 3.05) is 26.2 Å². The van der Waals surface area contributed by atoms with Crippen LogP contribution >= 0.6 is 11.6 Å². The van der Waals surface area contributed by atoms with Gasteiger partial charge in [0, 0.05) is 62.0 Å². The van der Waals surface area contributed by atoms with E-state index in [-0.39, 0.29) is 12.7 Å². The summed E-state index contributed by atoms with van der Waals surface area (Å²) in [5.41, 5.74) is 8.59. The van der Waals surface area contributed by atoms with Crippen molar-refractivity contribution in [3.63, 3.8) is 0 Å². The van der Waals surface area contributed by atoms with Gasteiger partial charge in [0.25, 0.3) is 0 Å². The SMILES string of the molecule is Cc1c(COc2cc(OCc3cncc(C#N)c3)c(CNCc3ncc4ccccn34)cc2Cl)cccc1-c1cccc(OCCCN2CC[C@@H](O)C2)c1C. The summed E-state index contributed by atoms with van der Waals surface area (Å²) in [4.78, 5) is 11.0. The molecular formula is C44H45ClN6O4. The van der Waals surface area contributed by atoms with Crippen LogP contribution in [0.4, 0.5) is 0 Å². The molecule has 55 heavy (non-hydrogen) atoms. The molecule has 1 atom stereocenters. The fourth-order valence-electron chi connectivity index (χ4n) is 7.02. The lowest BCUT2D eigenvalue weighted by atomic mass is 9.93. The van der Waals surface area contributed by atoms with Crippen LogP contribution in [0.2, 0.25) is 5.02 Å². The largest absolute Gasteiger partial charge is 0.493 e. The van der Waals surface area contributed by atoms with Gasteiger partial charge in [0.15, 0.2) is 0 Å². The minimum absolute atomic E-state index is 0.204. The molecule has 1 saturated heterocycles. The Kier molecular flexibility index (Phi) is 12.3. The highest BCUT2D eigenvalue weighted by Crippen LogP contribution is 2.36. The molecule has 1 aliphatic rings. The van der Waals surface area contributed by atoms with Crippen molar-refractivity contribution in [3.8, 4) is 34.4 Å². The molecule has 10 nitrogen and oxygen atoms in total. The first-order valence-corrected chi connectivity index (χ1v) is 19.0. The molecule has 0 aliphatic carbocycles. The van der Waals surface area contributed by atoms with Gasteiger partial charge < -0.3 is 33.9 Å². The Hall–Kier alpha value is -5.44. The Balaban J connectivity index is 1.05. The average Bonchev–Trinajstić information content (AvgIpc) is 3.82. The summed E-state index contributed by atoms with van der Waals surface area (Å²) in [5.74, 6) is 2.88. The highest BCUT2D eigenvalue weighted by Gasteiger charge is 2.20. The first-order chi connectivity index (χ1) is 26.9. The van der Waals surface area contributed by atoms with E-state index in [1.165, 1.54) is 6.20 Å². The number of β-amino-alcohol motifs (C(OH)–C–C–N with tert-alkyl or cyclic N) is 1. The zero-order valence-electron chi connectivity index (χ0n) is 31.2. The normalized spacial score (nSPS) is 14.3. The Morgan fingerprint density at radius 3 is 2.55 bits per heavy atom. The van der Waals surface area contributed by atoms with E-state index in [0.29, 0.717) is 48.4 Å². The number of aliphatic hydroxyl groups excluding tert-OH is 1. The van der Waals surface area contributed by atoms with Gasteiger partial charge in [-0.25, -0.2) is 4.98 Å². The lowest BCUT2D eigenvalue weighted by Gasteiger charge is -2.19. The molecule has 3 aromatic carbocycles. The van der Waals surface area contributed by atoms with E-state index in [1.54, 1.807) is 12.3 Å². The molecule has 0 amide bonds. The number of aromatic nitrogens is 3. The van der Waals surface area contributed by atoms with E-state index in [9.17, 15) is 10.4 Å². The van der Waals surface area contributed by atoms with Crippen LogP contribution in [0.5, 0.6) is 17.2 Å². The molecule has 4 heterocycles. The summed E-state index contributed by atoms with van der Waals surface area (Å²) < 4.78 is 21.1. The first kappa shape index (κ1) is 37.9. The Morgan fingerprint density at radius 1 is 0.873 bits per heavy atom. The van der Waals surface area contributed by atoms with E-state index >= 15 is 0 Å². The van der Waals surface area contributed by atoms with Gasteiger partial charge in [-0.3, -0.25) is 4.98 Å². The van der Waals surface area contributed by atoms with Crippen LogP contribution in [-0.4, -0.2) is 56.7 Å². The van der Waals surface area contributed by atoms with Crippen LogP contribution in [0, 0.1) is 25.2 Å². The predicted molar refractivity (Wildman–Crippen MR) is 213 cm³/mol. The van der Waals surface area contributed by atoms with Gasteiger partial charge >= 0.3 is 0 Å². The van der Waals surface area contributed by atoms with Crippen molar-refractivity contribution in [1.82, 2.24) is 24.6 Å². The first-order valence-electron chi connectivity index (χ1n) is 18.6. The third kappa shape index (κ3) is 9.27. The number of hydrogen-bond acceptors (Lipinski definition) is 9. The molecule has 6 aromatic rings. The van der Waals surface area contributed by atoms with Crippen molar-refractivity contribution in [3.05, 3.63) is 142 Å². The molecule has 282 valence electrons. The molecule has 2 N–H and O–H groups in total. The number of nitriles is 1. The topological polar surface area (TPSA) is 117 Å². The number of ether oxygens (including phenoxy) is 3. The van der Waals surface area contributed by atoms with Gasteiger partial charge in [0.05, 0.1) is 41.6 Å². The number of fused-ring (bicyclic) bond motifs is 1. The number of nitrogens with one attached hydrogen (secondary N) is 1. The van der Waals surface area contributed by atoms with Crippen LogP contribution in [0.1, 0.15) is 52.0 Å². The molecule has 3 aromatic heterocycles. The Bertz CT molecular complexity index is 2300. The van der Waals surface area contributed by atoms with Crippen molar-refractivity contribution in [2.24, 2.45) is 0 Å². The lowest BCUT2D eigenvalue weighted by Crippen LogP contribution is -2.24. The summed E-state index contributed by atoms with van der Waals surface area (Å²) in [6.07, 6.45) is 8.62. The number of nitrogens with zero attached hydrogens (tertiary/aromatic N) is 5. The number of pyridine rings is 2. The molecule has 0 bridgehead atoms. The molecule has 11 heteroatoms. The van der Waals surface area contributed by atoms with Gasteiger partial charge in [0.2, 0.25) is 0 Å². The number of imidazole rings is 1. The highest BCUT2D eigenvalue weighted by atomic mass is 35.5. The van der Waals surface area contributed by atoms with E-state index in [4.69, 9.17) is 25.8 Å². The van der Waals surface area contributed by atoms with Crippen molar-refractivity contribution in [1.29, 1.82) is 5.26 Å². The number of benzene rings is 3. The van der Waals surface area contributed by atoms with Crippen LogP contribution in [0.15, 0.2) is 97.6 Å². The molecule has 1 fully saturated rings. The van der Waals surface area contributed by atoms with Gasteiger partial charge in [-0.1, -0.05) is 48.0 Å². The molecule has 7 rings (SSSR count). The number of rotatable bonds is 16. The van der Waals surface area contributed by atoms with E-state index < -0.39 is 0 Å². The molecule has 1 aliphatic heterocycles. The van der Waals surface area contributed by atoms with E-state index in [1.807, 2.05) is 54.9 Å². The summed E-state index contributed by atoms with van der Waals surface area (Å²) in [5, 5.41) is 23.1. The van der Waals surface area contributed by atoms with Gasteiger partial charge in [-0.2, -0.15) is 5.26 Å². The van der Waals surface area contributed by atoms with Crippen molar-refractivity contribution < 1.29 is 19.3 Å². The summed E-state index contributed by atoms with van der Waals surface area (Å²) in [6.45, 7) is 8.99. The maximum atomic E-state index is 9.81. The number of aliphatic hydroxyl groups is 1. The smallest absolute Gasteiger partial charge is 0.142 e. The standard InChI is InChI=1S/C44H45ClN6O4/c1-30-34(8-5-10-38(30)39-11-6-12-41(31(39)2)53-17-7-14-50-16-13-37(52)27-50)29-55-43-20-42(54-28-33-18-32(21-46)22-47-23-33)35(19-40(43)45)24-48-26-44-49-25-36-9-3-4-15-51(36)44/h3-6,8-12,15,18-20,22-23,25,37,48,52H,7,13-14,16-17,24,26-29H2,1-2H3/t37-/m1/s1. The minimum Gasteiger partial charge on any atom is -0.493 e. The zero-order chi connectivity index (χ0) is 38.1. The maximum Gasteiger partial charge on any atom is 0.142 e. The van der Waals surface area contributed by atoms with Crippen molar-refractivity contribution in [2.45, 2.75) is 59.1 Å². The zero-order valence-corrected chi connectivity index (χ0v) is 31.9. The predicted octanol–water partition coefficient (Wildman–Crippen LogP) is 7.82. The molecule has 0 spiro atoms. The third-order valence-electron chi connectivity index (χ3n) is 10.1. The van der Waals surface area contributed by atoms with Crippen molar-refractivity contribution >= 4 is 17.1 Å². The fourth-order valence-corrected chi connectivity index (χ4v) is 7.26. The molecule has 0 saturated carbocycles. The molecular weight excluding hydrogens is 712 g/mol. The van der Waals surface area contributed by atoms with Gasteiger partial charge in [-0.05, 0) is 84.8 Å². The fraction of sp³-hybridized carbons (Fsp3) is 0.295. The van der Waals surface area contributed by atoms with Crippen LogP contribution in [0.25, 0.3) is 16.6 Å². The lowest BCUT2D eigenvalue weighted by molar-refractivity contribution is 0.173. The maximum absolute atomic E-state index is 9.81. The van der Waals surface area contributed by atoms with Gasteiger partial charge in [-0.15, -0.1) is 0 Å². The van der Waals surface area contributed by atoms with E-state index in [0.717, 1.165) is 88.5 Å². The second-order valence-electron chi connectivity index (χ2n) is 13.9. The summed E-state index contributed by atoms with van der Waals surface area (Å²) >= 11 is 6.88. The number of hydrogen-bond donors (Lipinski definition) is 2. The Labute approximate surface area is 326 Å². The summed E-state index contributed by atoms with van der Waals surface area (Å²) in [7, 11) is 0. The average molecular weight is 757 g/mol. The van der Waals surface area contributed by atoms with Crippen LogP contribution in [0.3, 0.4) is 0 Å². The molecule has 0 unspecified atom stereocenters. The number of likely N-dealkylation sites (tertiary alicyclic amines) is 1. The third-order valence-corrected chi connectivity index (χ3v) is 10.4. The van der Waals surface area contributed by atoms with Crippen LogP contribution < -0.4 is 19.5 Å². The number of halogens is 1. The van der Waals surface area contributed by atoms with Crippen LogP contribution in [-0.2, 0) is 26.3 Å². The Morgan fingerprint density at radius 2 is 1.71 bits per heavy atom. The van der Waals surface area contributed by atoms with E-state index in [2.05, 4.69) is 68.8 Å². The molecule has 0 radical (unpaired) electrons. The highest BCUT2D eigenvalue weighted by molar-refractivity contribution is 6.32. The monoisotopic (exact) mass is 756 g/mol. The minimum atomic E-state index is -0.204.